The van der Waals surface area contributed by atoms with Gasteiger partial charge in [0.05, 0.1) is 6.61 Å². The van der Waals surface area contributed by atoms with Crippen LogP contribution in [0.15, 0.2) is 79.4 Å². The molecule has 3 rings (SSSR count). The molecule has 3 nitrogen and oxygen atoms in total. The Kier molecular flexibility index (Phi) is 6.07. The lowest BCUT2D eigenvalue weighted by Crippen LogP contribution is -1.99. The summed E-state index contributed by atoms with van der Waals surface area (Å²) in [6.07, 6.45) is 1.81. The quantitative estimate of drug-likeness (QED) is 0.625. The van der Waals surface area contributed by atoms with Gasteiger partial charge in [-0.2, -0.15) is 0 Å². The molecule has 0 amide bonds. The number of benzene rings is 3. The van der Waals surface area contributed by atoms with Crippen LogP contribution in [0.1, 0.15) is 22.3 Å². The van der Waals surface area contributed by atoms with E-state index < -0.39 is 0 Å². The predicted octanol–water partition coefficient (Wildman–Crippen LogP) is 4.98. The van der Waals surface area contributed by atoms with E-state index in [0.29, 0.717) is 24.7 Å². The molecule has 3 heteroatoms. The largest absolute Gasteiger partial charge is 0.489 e. The molecule has 132 valence electrons. The summed E-state index contributed by atoms with van der Waals surface area (Å²) in [5.74, 6) is 1.35. The second-order valence-corrected chi connectivity index (χ2v) is 5.98. The average Bonchev–Trinajstić information content (AvgIpc) is 2.71. The van der Waals surface area contributed by atoms with Crippen molar-refractivity contribution in [3.8, 4) is 11.5 Å². The first-order valence-corrected chi connectivity index (χ1v) is 8.52. The molecule has 0 fully saturated rings. The van der Waals surface area contributed by atoms with Gasteiger partial charge in [0.2, 0.25) is 0 Å². The van der Waals surface area contributed by atoms with Crippen LogP contribution in [0.4, 0.5) is 0 Å². The van der Waals surface area contributed by atoms with Gasteiger partial charge in [0.25, 0.3) is 0 Å². The number of hydrogen-bond donors (Lipinski definition) is 1. The third-order valence-electron chi connectivity index (χ3n) is 3.99. The van der Waals surface area contributed by atoms with Gasteiger partial charge in [0, 0.05) is 6.07 Å². The highest BCUT2D eigenvalue weighted by Gasteiger charge is 2.04. The molecule has 0 heterocycles. The van der Waals surface area contributed by atoms with Gasteiger partial charge in [-0.1, -0.05) is 67.3 Å². The molecule has 0 radical (unpaired) electrons. The second kappa shape index (κ2) is 8.88. The minimum Gasteiger partial charge on any atom is -0.489 e. The third-order valence-corrected chi connectivity index (χ3v) is 3.99. The zero-order chi connectivity index (χ0) is 18.2. The van der Waals surface area contributed by atoms with E-state index in [-0.39, 0.29) is 6.61 Å². The normalized spacial score (nSPS) is 10.3. The van der Waals surface area contributed by atoms with Gasteiger partial charge in [0.15, 0.2) is 0 Å². The topological polar surface area (TPSA) is 38.7 Å². The van der Waals surface area contributed by atoms with Gasteiger partial charge in [0.1, 0.15) is 24.7 Å². The van der Waals surface area contributed by atoms with E-state index in [1.807, 2.05) is 78.9 Å². The number of ether oxygens (including phenoxy) is 2. The van der Waals surface area contributed by atoms with Crippen molar-refractivity contribution in [2.75, 3.05) is 0 Å². The minimum atomic E-state index is -0.0626. The van der Waals surface area contributed by atoms with Crippen LogP contribution in [0.25, 0.3) is 6.08 Å². The first kappa shape index (κ1) is 17.8. The summed E-state index contributed by atoms with van der Waals surface area (Å²) >= 11 is 0. The Morgan fingerprint density at radius 1 is 0.731 bits per heavy atom. The lowest BCUT2D eigenvalue weighted by Gasteiger charge is -2.12. The highest BCUT2D eigenvalue weighted by atomic mass is 16.5. The summed E-state index contributed by atoms with van der Waals surface area (Å²) in [7, 11) is 0. The van der Waals surface area contributed by atoms with Crippen LogP contribution < -0.4 is 9.47 Å². The summed E-state index contributed by atoms with van der Waals surface area (Å²) in [5.41, 5.74) is 3.99. The van der Waals surface area contributed by atoms with Crippen molar-refractivity contribution in [2.45, 2.75) is 19.8 Å². The first-order chi connectivity index (χ1) is 12.8. The van der Waals surface area contributed by atoms with Gasteiger partial charge in [-0.3, -0.25) is 0 Å². The summed E-state index contributed by atoms with van der Waals surface area (Å²) in [5, 5.41) is 9.49. The number of hydrogen-bond acceptors (Lipinski definition) is 3. The van der Waals surface area contributed by atoms with Crippen molar-refractivity contribution in [3.05, 3.63) is 102 Å². The molecule has 0 aliphatic rings. The Balaban J connectivity index is 1.67. The Bertz CT molecular complexity index is 839. The fraction of sp³-hybridized carbons (Fsp3) is 0.130. The lowest BCUT2D eigenvalue weighted by atomic mass is 10.1. The lowest BCUT2D eigenvalue weighted by molar-refractivity contribution is 0.271. The Labute approximate surface area is 154 Å². The van der Waals surface area contributed by atoms with E-state index in [1.54, 1.807) is 0 Å². The molecule has 0 spiro atoms. The average molecular weight is 346 g/mol. The van der Waals surface area contributed by atoms with E-state index >= 15 is 0 Å². The van der Waals surface area contributed by atoms with Gasteiger partial charge < -0.3 is 14.6 Å². The highest BCUT2D eigenvalue weighted by molar-refractivity contribution is 5.47. The van der Waals surface area contributed by atoms with Gasteiger partial charge >= 0.3 is 0 Å². The maximum atomic E-state index is 9.49. The van der Waals surface area contributed by atoms with Crippen molar-refractivity contribution in [1.82, 2.24) is 0 Å². The molecule has 0 atom stereocenters. The van der Waals surface area contributed by atoms with Crippen molar-refractivity contribution in [3.63, 3.8) is 0 Å². The van der Waals surface area contributed by atoms with Crippen LogP contribution in [0.2, 0.25) is 0 Å². The number of aliphatic hydroxyl groups excluding tert-OH is 1. The van der Waals surface area contributed by atoms with Crippen LogP contribution in [0.3, 0.4) is 0 Å². The fourth-order valence-electron chi connectivity index (χ4n) is 2.55. The first-order valence-electron chi connectivity index (χ1n) is 8.52. The molecule has 0 saturated carbocycles. The monoisotopic (exact) mass is 346 g/mol. The summed E-state index contributed by atoms with van der Waals surface area (Å²) in [4.78, 5) is 0. The van der Waals surface area contributed by atoms with Gasteiger partial charge in [-0.15, -0.1) is 0 Å². The van der Waals surface area contributed by atoms with Crippen molar-refractivity contribution in [2.24, 2.45) is 0 Å². The van der Waals surface area contributed by atoms with Crippen molar-refractivity contribution < 1.29 is 14.6 Å². The molecule has 1 N–H and O–H groups in total. The van der Waals surface area contributed by atoms with Crippen LogP contribution in [0, 0.1) is 0 Å². The SMILES string of the molecule is C=Cc1ccc(COc2cc(CO)cc(OCc3ccccc3)c2)cc1. The molecule has 3 aromatic rings. The Morgan fingerprint density at radius 3 is 1.85 bits per heavy atom. The van der Waals surface area contributed by atoms with Gasteiger partial charge in [-0.05, 0) is 34.4 Å². The van der Waals surface area contributed by atoms with Crippen LogP contribution in [-0.4, -0.2) is 5.11 Å². The summed E-state index contributed by atoms with van der Waals surface area (Å²) in [6, 6.07) is 23.5. The Hall–Kier alpha value is -3.04. The van der Waals surface area contributed by atoms with E-state index in [2.05, 4.69) is 6.58 Å². The smallest absolute Gasteiger partial charge is 0.123 e. The van der Waals surface area contributed by atoms with Crippen LogP contribution in [0.5, 0.6) is 11.5 Å². The zero-order valence-corrected chi connectivity index (χ0v) is 14.6. The molecule has 0 bridgehead atoms. The summed E-state index contributed by atoms with van der Waals surface area (Å²) in [6.45, 7) is 4.61. The number of aliphatic hydroxyl groups is 1. The maximum Gasteiger partial charge on any atom is 0.123 e. The molecule has 0 saturated heterocycles. The van der Waals surface area contributed by atoms with Crippen molar-refractivity contribution in [1.29, 1.82) is 0 Å². The standard InChI is InChI=1S/C23H22O3/c1-2-18-8-10-20(11-9-18)17-26-23-13-21(15-24)12-22(14-23)25-16-19-6-4-3-5-7-19/h2-14,24H,1,15-17H2. The molecule has 0 unspecified atom stereocenters. The second-order valence-electron chi connectivity index (χ2n) is 5.98. The number of rotatable bonds is 8. The Morgan fingerprint density at radius 2 is 1.31 bits per heavy atom. The molecule has 0 aliphatic carbocycles. The van der Waals surface area contributed by atoms with E-state index in [0.717, 1.165) is 22.3 Å². The summed E-state index contributed by atoms with van der Waals surface area (Å²) < 4.78 is 11.7. The van der Waals surface area contributed by atoms with Crippen LogP contribution in [-0.2, 0) is 19.8 Å². The third kappa shape index (κ3) is 4.98. The maximum absolute atomic E-state index is 9.49. The van der Waals surface area contributed by atoms with Crippen molar-refractivity contribution >= 4 is 6.08 Å². The highest BCUT2D eigenvalue weighted by Crippen LogP contribution is 2.25. The fourth-order valence-corrected chi connectivity index (χ4v) is 2.55. The predicted molar refractivity (Wildman–Crippen MR) is 104 cm³/mol. The molecule has 26 heavy (non-hydrogen) atoms. The van der Waals surface area contributed by atoms with E-state index in [9.17, 15) is 5.11 Å². The van der Waals surface area contributed by atoms with E-state index in [4.69, 9.17) is 9.47 Å². The van der Waals surface area contributed by atoms with Gasteiger partial charge in [-0.25, -0.2) is 0 Å². The molecular weight excluding hydrogens is 324 g/mol. The molecule has 0 aliphatic heterocycles. The van der Waals surface area contributed by atoms with E-state index in [1.165, 1.54) is 0 Å². The molecule has 3 aromatic carbocycles. The molecule has 0 aromatic heterocycles. The molecular formula is C23H22O3. The minimum absolute atomic E-state index is 0.0626. The zero-order valence-electron chi connectivity index (χ0n) is 14.6. The van der Waals surface area contributed by atoms with Crippen LogP contribution >= 0.6 is 0 Å².